The predicted molar refractivity (Wildman–Crippen MR) is 116 cm³/mol. The van der Waals surface area contributed by atoms with Crippen LogP contribution in [0.25, 0.3) is 0 Å². The van der Waals surface area contributed by atoms with Crippen LogP contribution in [0.3, 0.4) is 0 Å². The first kappa shape index (κ1) is 21.6. The minimum Gasteiger partial charge on any atom is -0.381 e. The molecule has 1 unspecified atom stereocenters. The van der Waals surface area contributed by atoms with E-state index in [0.717, 1.165) is 38.6 Å². The molecule has 1 heterocycles. The highest BCUT2D eigenvalue weighted by atomic mass is 127. The molecule has 1 aliphatic rings. The Bertz CT molecular complexity index is 533. The van der Waals surface area contributed by atoms with Gasteiger partial charge >= 0.3 is 0 Å². The minimum atomic E-state index is 0. The summed E-state index contributed by atoms with van der Waals surface area (Å²) in [5, 5.41) is 7.02. The van der Waals surface area contributed by atoms with E-state index >= 15 is 0 Å². The third-order valence-corrected chi connectivity index (χ3v) is 6.07. The quantitative estimate of drug-likeness (QED) is 0.397. The Morgan fingerprint density at radius 1 is 1.33 bits per heavy atom. The zero-order chi connectivity index (χ0) is 16.7. The van der Waals surface area contributed by atoms with Crippen molar-refractivity contribution in [3.05, 3.63) is 35.4 Å². The maximum atomic E-state index is 5.51. The van der Waals surface area contributed by atoms with Crippen LogP contribution in [-0.2, 0) is 4.74 Å². The number of hydrogen-bond donors (Lipinski definition) is 2. The first-order chi connectivity index (χ1) is 11.1. The fourth-order valence-corrected chi connectivity index (χ4v) is 3.78. The van der Waals surface area contributed by atoms with Crippen LogP contribution in [0.15, 0.2) is 29.3 Å². The second kappa shape index (κ2) is 10.5. The molecule has 136 valence electrons. The SMILES string of the molecule is CN=C(NCC1(SC)CCOCC1)NC(C)c1ccccc1C.I. The normalized spacial score (nSPS) is 18.4. The zero-order valence-corrected chi connectivity index (χ0v) is 18.2. The van der Waals surface area contributed by atoms with E-state index in [1.807, 2.05) is 18.8 Å². The molecular weight excluding hydrogens is 433 g/mol. The van der Waals surface area contributed by atoms with Gasteiger partial charge in [0.1, 0.15) is 0 Å². The standard InChI is InChI=1S/C18H29N3OS.HI/c1-14-7-5-6-8-16(14)15(2)21-17(19-3)20-13-18(23-4)9-11-22-12-10-18;/h5-8,15H,9-13H2,1-4H3,(H2,19,20,21);1H. The molecule has 1 saturated heterocycles. The van der Waals surface area contributed by atoms with Crippen molar-refractivity contribution in [1.29, 1.82) is 0 Å². The molecule has 0 amide bonds. The van der Waals surface area contributed by atoms with E-state index in [9.17, 15) is 0 Å². The summed E-state index contributed by atoms with van der Waals surface area (Å²) in [6, 6.07) is 8.70. The third kappa shape index (κ3) is 5.81. The number of nitrogens with zero attached hydrogens (tertiary/aromatic N) is 1. The highest BCUT2D eigenvalue weighted by Gasteiger charge is 2.31. The van der Waals surface area contributed by atoms with Crippen molar-refractivity contribution in [1.82, 2.24) is 10.6 Å². The van der Waals surface area contributed by atoms with Gasteiger partial charge in [0.05, 0.1) is 6.04 Å². The Labute approximate surface area is 167 Å². The van der Waals surface area contributed by atoms with Crippen LogP contribution in [0, 0.1) is 6.92 Å². The van der Waals surface area contributed by atoms with Crippen molar-refractivity contribution >= 4 is 41.7 Å². The number of guanidine groups is 1. The van der Waals surface area contributed by atoms with Crippen molar-refractivity contribution in [2.24, 2.45) is 4.99 Å². The Morgan fingerprint density at radius 3 is 2.58 bits per heavy atom. The van der Waals surface area contributed by atoms with Crippen molar-refractivity contribution in [3.63, 3.8) is 0 Å². The molecule has 2 rings (SSSR count). The lowest BCUT2D eigenvalue weighted by Gasteiger charge is -2.36. The van der Waals surface area contributed by atoms with Crippen LogP contribution in [0.5, 0.6) is 0 Å². The van der Waals surface area contributed by atoms with E-state index in [2.05, 4.69) is 60.0 Å². The molecular formula is C18H30IN3OS. The van der Waals surface area contributed by atoms with E-state index in [0.29, 0.717) is 0 Å². The topological polar surface area (TPSA) is 45.7 Å². The summed E-state index contributed by atoms with van der Waals surface area (Å²) in [6.45, 7) is 6.95. The van der Waals surface area contributed by atoms with Crippen LogP contribution < -0.4 is 10.6 Å². The molecule has 0 saturated carbocycles. The largest absolute Gasteiger partial charge is 0.381 e. The van der Waals surface area contributed by atoms with Gasteiger partial charge in [-0.25, -0.2) is 0 Å². The highest BCUT2D eigenvalue weighted by Crippen LogP contribution is 2.33. The van der Waals surface area contributed by atoms with Gasteiger partial charge in [-0.2, -0.15) is 11.8 Å². The molecule has 0 spiro atoms. The maximum Gasteiger partial charge on any atom is 0.191 e. The summed E-state index contributed by atoms with van der Waals surface area (Å²) in [7, 11) is 1.83. The number of rotatable bonds is 5. The molecule has 1 aliphatic heterocycles. The lowest BCUT2D eigenvalue weighted by molar-refractivity contribution is 0.0782. The fraction of sp³-hybridized carbons (Fsp3) is 0.611. The highest BCUT2D eigenvalue weighted by molar-refractivity contribution is 14.0. The van der Waals surface area contributed by atoms with Gasteiger partial charge in [-0.1, -0.05) is 24.3 Å². The van der Waals surface area contributed by atoms with Gasteiger partial charge in [0.25, 0.3) is 0 Å². The Hall–Kier alpha value is -0.470. The number of hydrogen-bond acceptors (Lipinski definition) is 3. The molecule has 0 aromatic heterocycles. The summed E-state index contributed by atoms with van der Waals surface area (Å²) in [5.74, 6) is 0.862. The molecule has 4 nitrogen and oxygen atoms in total. The molecule has 1 aromatic rings. The molecule has 0 radical (unpaired) electrons. The molecule has 24 heavy (non-hydrogen) atoms. The molecule has 1 atom stereocenters. The second-order valence-electron chi connectivity index (χ2n) is 6.15. The summed E-state index contributed by atoms with van der Waals surface area (Å²) < 4.78 is 5.76. The average molecular weight is 463 g/mol. The van der Waals surface area contributed by atoms with Crippen LogP contribution >= 0.6 is 35.7 Å². The Balaban J connectivity index is 0.00000288. The maximum absolute atomic E-state index is 5.51. The molecule has 1 aromatic carbocycles. The summed E-state index contributed by atoms with van der Waals surface area (Å²) >= 11 is 1.94. The molecule has 6 heteroatoms. The van der Waals surface area contributed by atoms with Gasteiger partial charge < -0.3 is 15.4 Å². The monoisotopic (exact) mass is 463 g/mol. The van der Waals surface area contributed by atoms with E-state index in [1.165, 1.54) is 11.1 Å². The lowest BCUT2D eigenvalue weighted by atomic mass is 9.99. The predicted octanol–water partition coefficient (Wildman–Crippen LogP) is 3.75. The number of benzene rings is 1. The average Bonchev–Trinajstić information content (AvgIpc) is 2.59. The van der Waals surface area contributed by atoms with Crippen LogP contribution in [0.1, 0.15) is 36.9 Å². The molecule has 1 fully saturated rings. The summed E-state index contributed by atoms with van der Waals surface area (Å²) in [5.41, 5.74) is 2.61. The minimum absolute atomic E-state index is 0. The van der Waals surface area contributed by atoms with Gasteiger partial charge in [0.2, 0.25) is 0 Å². The number of halogens is 1. The van der Waals surface area contributed by atoms with Gasteiger partial charge in [0.15, 0.2) is 5.96 Å². The number of aryl methyl sites for hydroxylation is 1. The lowest BCUT2D eigenvalue weighted by Crippen LogP contribution is -2.48. The van der Waals surface area contributed by atoms with Crippen molar-refractivity contribution in [2.75, 3.05) is 33.1 Å². The van der Waals surface area contributed by atoms with Gasteiger partial charge in [-0.3, -0.25) is 4.99 Å². The van der Waals surface area contributed by atoms with E-state index in [4.69, 9.17) is 4.74 Å². The van der Waals surface area contributed by atoms with Crippen LogP contribution in [0.2, 0.25) is 0 Å². The second-order valence-corrected chi connectivity index (χ2v) is 7.42. The Kier molecular flexibility index (Phi) is 9.44. The zero-order valence-electron chi connectivity index (χ0n) is 15.1. The fourth-order valence-electron chi connectivity index (χ4n) is 2.99. The number of ether oxygens (including phenoxy) is 1. The smallest absolute Gasteiger partial charge is 0.191 e. The first-order valence-corrected chi connectivity index (χ1v) is 9.48. The van der Waals surface area contributed by atoms with E-state index in [1.54, 1.807) is 0 Å². The van der Waals surface area contributed by atoms with Gasteiger partial charge in [-0.05, 0) is 44.1 Å². The Morgan fingerprint density at radius 2 is 2.00 bits per heavy atom. The summed E-state index contributed by atoms with van der Waals surface area (Å²) in [6.07, 6.45) is 4.37. The number of thioether (sulfide) groups is 1. The first-order valence-electron chi connectivity index (χ1n) is 8.26. The van der Waals surface area contributed by atoms with E-state index < -0.39 is 0 Å². The van der Waals surface area contributed by atoms with Gasteiger partial charge in [-0.15, -0.1) is 24.0 Å². The number of nitrogens with one attached hydrogen (secondary N) is 2. The van der Waals surface area contributed by atoms with Crippen LogP contribution in [-0.4, -0.2) is 43.8 Å². The van der Waals surface area contributed by atoms with Crippen molar-refractivity contribution in [2.45, 2.75) is 37.5 Å². The third-order valence-electron chi connectivity index (χ3n) is 4.65. The van der Waals surface area contributed by atoms with E-state index in [-0.39, 0.29) is 34.8 Å². The van der Waals surface area contributed by atoms with Crippen LogP contribution in [0.4, 0.5) is 0 Å². The van der Waals surface area contributed by atoms with Crippen molar-refractivity contribution in [3.8, 4) is 0 Å². The molecule has 0 bridgehead atoms. The molecule has 0 aliphatic carbocycles. The van der Waals surface area contributed by atoms with Crippen molar-refractivity contribution < 1.29 is 4.74 Å². The summed E-state index contributed by atoms with van der Waals surface area (Å²) in [4.78, 5) is 4.39. The van der Waals surface area contributed by atoms with Gasteiger partial charge in [0, 0.05) is 31.6 Å². The number of aliphatic imine (C=N–C) groups is 1. The molecule has 2 N–H and O–H groups in total.